The lowest BCUT2D eigenvalue weighted by atomic mass is 10.2. The van der Waals surface area contributed by atoms with Crippen molar-refractivity contribution in [2.75, 3.05) is 0 Å². The zero-order chi connectivity index (χ0) is 14.4. The molecule has 0 aliphatic carbocycles. The summed E-state index contributed by atoms with van der Waals surface area (Å²) in [6.45, 7) is 0.0556. The van der Waals surface area contributed by atoms with Crippen molar-refractivity contribution in [1.82, 2.24) is 9.55 Å². The number of hydrogen-bond donors (Lipinski definition) is 0. The van der Waals surface area contributed by atoms with Crippen LogP contribution in [0.5, 0.6) is 0 Å². The molecule has 1 aromatic heterocycles. The van der Waals surface area contributed by atoms with Gasteiger partial charge in [0, 0.05) is 0 Å². The Kier molecular flexibility index (Phi) is 4.24. The Morgan fingerprint density at radius 2 is 2.15 bits per heavy atom. The molecule has 0 atom stereocenters. The van der Waals surface area contributed by atoms with E-state index >= 15 is 0 Å². The summed E-state index contributed by atoms with van der Waals surface area (Å²) in [7, 11) is 0. The summed E-state index contributed by atoms with van der Waals surface area (Å²) in [6.07, 6.45) is 3.40. The molecule has 0 saturated heterocycles. The van der Waals surface area contributed by atoms with E-state index in [2.05, 4.69) is 4.98 Å². The first-order chi connectivity index (χ1) is 9.72. The fourth-order valence-corrected chi connectivity index (χ4v) is 1.59. The van der Waals surface area contributed by atoms with Gasteiger partial charge in [-0.05, 0) is 17.7 Å². The Balaban J connectivity index is 1.89. The second kappa shape index (κ2) is 6.29. The van der Waals surface area contributed by atoms with Crippen LogP contribution in [0.1, 0.15) is 21.6 Å². The van der Waals surface area contributed by atoms with Crippen molar-refractivity contribution >= 4 is 12.3 Å². The number of imidazole rings is 1. The van der Waals surface area contributed by atoms with Crippen LogP contribution >= 0.6 is 0 Å². The molecule has 6 nitrogen and oxygen atoms in total. The lowest BCUT2D eigenvalue weighted by Gasteiger charge is -2.06. The number of rotatable bonds is 5. The molecule has 0 aliphatic rings. The second-order valence-electron chi connectivity index (χ2n) is 4.03. The number of nitrogens with zero attached hydrogens (tertiary/aromatic N) is 3. The van der Waals surface area contributed by atoms with Gasteiger partial charge in [-0.1, -0.05) is 12.1 Å². The van der Waals surface area contributed by atoms with Gasteiger partial charge >= 0.3 is 5.97 Å². The molecule has 2 rings (SSSR count). The second-order valence-corrected chi connectivity index (χ2v) is 4.03. The van der Waals surface area contributed by atoms with E-state index in [-0.39, 0.29) is 13.2 Å². The molecule has 0 fully saturated rings. The maximum absolute atomic E-state index is 11.6. The smallest absolute Gasteiger partial charge is 0.326 e. The zero-order valence-corrected chi connectivity index (χ0v) is 10.5. The number of ether oxygens (including phenoxy) is 1. The van der Waals surface area contributed by atoms with E-state index in [0.717, 1.165) is 5.56 Å². The Bertz CT molecular complexity index is 653. The average Bonchev–Trinajstić information content (AvgIpc) is 2.92. The van der Waals surface area contributed by atoms with Crippen molar-refractivity contribution in [3.8, 4) is 6.07 Å². The molecular formula is C14H11N3O3. The molecule has 0 spiro atoms. The molecule has 0 radical (unpaired) electrons. The van der Waals surface area contributed by atoms with Crippen molar-refractivity contribution in [2.45, 2.75) is 13.2 Å². The standard InChI is InChI=1S/C14H11N3O3/c15-5-11-1-3-12(4-2-11)9-20-14(19)7-17-10-16-6-13(17)8-18/h1-4,6,8,10H,7,9H2. The van der Waals surface area contributed by atoms with Crippen molar-refractivity contribution < 1.29 is 14.3 Å². The minimum absolute atomic E-state index is 0.0651. The van der Waals surface area contributed by atoms with Crippen LogP contribution in [-0.4, -0.2) is 21.8 Å². The van der Waals surface area contributed by atoms with Gasteiger partial charge < -0.3 is 9.30 Å². The maximum atomic E-state index is 11.6. The highest BCUT2D eigenvalue weighted by Gasteiger charge is 2.08. The number of aromatic nitrogens is 2. The van der Waals surface area contributed by atoms with E-state index in [1.807, 2.05) is 6.07 Å². The minimum atomic E-state index is -0.463. The minimum Gasteiger partial charge on any atom is -0.459 e. The Morgan fingerprint density at radius 3 is 2.80 bits per heavy atom. The molecule has 0 aliphatic heterocycles. The molecule has 0 saturated carbocycles. The number of aldehydes is 1. The Labute approximate surface area is 115 Å². The highest BCUT2D eigenvalue weighted by atomic mass is 16.5. The SMILES string of the molecule is N#Cc1ccc(COC(=O)Cn2cncc2C=O)cc1. The van der Waals surface area contributed by atoms with Crippen LogP contribution in [0.15, 0.2) is 36.8 Å². The van der Waals surface area contributed by atoms with E-state index in [0.29, 0.717) is 17.5 Å². The predicted molar refractivity (Wildman–Crippen MR) is 68.6 cm³/mol. The normalized spacial score (nSPS) is 9.75. The van der Waals surface area contributed by atoms with E-state index in [4.69, 9.17) is 10.00 Å². The van der Waals surface area contributed by atoms with Crippen LogP contribution in [0.4, 0.5) is 0 Å². The fraction of sp³-hybridized carbons (Fsp3) is 0.143. The molecule has 0 N–H and O–H groups in total. The number of hydrogen-bond acceptors (Lipinski definition) is 5. The van der Waals surface area contributed by atoms with Gasteiger partial charge in [-0.3, -0.25) is 9.59 Å². The third-order valence-electron chi connectivity index (χ3n) is 2.65. The topological polar surface area (TPSA) is 85.0 Å². The molecular weight excluding hydrogens is 258 g/mol. The number of carbonyl (C=O) groups excluding carboxylic acids is 2. The number of esters is 1. The predicted octanol–water partition coefficient (Wildman–Crippen LogP) is 1.31. The van der Waals surface area contributed by atoms with Crippen LogP contribution in [0.25, 0.3) is 0 Å². The van der Waals surface area contributed by atoms with Gasteiger partial charge in [-0.2, -0.15) is 5.26 Å². The number of carbonyl (C=O) groups is 2. The van der Waals surface area contributed by atoms with Crippen LogP contribution in [0.3, 0.4) is 0 Å². The molecule has 1 aromatic carbocycles. The quantitative estimate of drug-likeness (QED) is 0.603. The highest BCUT2D eigenvalue weighted by Crippen LogP contribution is 2.05. The lowest BCUT2D eigenvalue weighted by Crippen LogP contribution is -2.14. The van der Waals surface area contributed by atoms with Crippen molar-refractivity contribution in [1.29, 1.82) is 5.26 Å². The van der Waals surface area contributed by atoms with Crippen LogP contribution in [0.2, 0.25) is 0 Å². The van der Waals surface area contributed by atoms with E-state index < -0.39 is 5.97 Å². The van der Waals surface area contributed by atoms with Crippen molar-refractivity contribution in [3.63, 3.8) is 0 Å². The molecule has 1 heterocycles. The molecule has 0 bridgehead atoms. The first-order valence-corrected chi connectivity index (χ1v) is 5.83. The summed E-state index contributed by atoms with van der Waals surface area (Å²) in [5.41, 5.74) is 1.66. The molecule has 0 unspecified atom stereocenters. The summed E-state index contributed by atoms with van der Waals surface area (Å²) in [6, 6.07) is 8.77. The molecule has 2 aromatic rings. The van der Waals surface area contributed by atoms with Gasteiger partial charge in [0.05, 0.1) is 24.2 Å². The number of benzene rings is 1. The first kappa shape index (κ1) is 13.5. The molecule has 6 heteroatoms. The van der Waals surface area contributed by atoms with Gasteiger partial charge in [0.2, 0.25) is 0 Å². The van der Waals surface area contributed by atoms with Crippen LogP contribution in [0, 0.1) is 11.3 Å². The van der Waals surface area contributed by atoms with Gasteiger partial charge in [-0.15, -0.1) is 0 Å². The van der Waals surface area contributed by atoms with Crippen LogP contribution in [-0.2, 0) is 22.7 Å². The van der Waals surface area contributed by atoms with E-state index in [1.54, 1.807) is 24.3 Å². The zero-order valence-electron chi connectivity index (χ0n) is 10.5. The monoisotopic (exact) mass is 269 g/mol. The average molecular weight is 269 g/mol. The van der Waals surface area contributed by atoms with E-state index in [9.17, 15) is 9.59 Å². The largest absolute Gasteiger partial charge is 0.459 e. The fourth-order valence-electron chi connectivity index (χ4n) is 1.59. The first-order valence-electron chi connectivity index (χ1n) is 5.83. The third kappa shape index (κ3) is 3.29. The van der Waals surface area contributed by atoms with Gasteiger partial charge in [0.1, 0.15) is 18.8 Å². The maximum Gasteiger partial charge on any atom is 0.326 e. The third-order valence-corrected chi connectivity index (χ3v) is 2.65. The van der Waals surface area contributed by atoms with Crippen molar-refractivity contribution in [3.05, 3.63) is 53.6 Å². The van der Waals surface area contributed by atoms with Crippen molar-refractivity contribution in [2.24, 2.45) is 0 Å². The van der Waals surface area contributed by atoms with Gasteiger partial charge in [-0.25, -0.2) is 4.98 Å². The summed E-state index contributed by atoms with van der Waals surface area (Å²) < 4.78 is 6.50. The molecule has 0 amide bonds. The lowest BCUT2D eigenvalue weighted by molar-refractivity contribution is -0.145. The summed E-state index contributed by atoms with van der Waals surface area (Å²) >= 11 is 0. The Morgan fingerprint density at radius 1 is 1.40 bits per heavy atom. The molecule has 20 heavy (non-hydrogen) atoms. The van der Waals surface area contributed by atoms with E-state index in [1.165, 1.54) is 17.1 Å². The Hall–Kier alpha value is -2.94. The number of nitriles is 1. The highest BCUT2D eigenvalue weighted by molar-refractivity contribution is 5.74. The summed E-state index contributed by atoms with van der Waals surface area (Å²) in [4.78, 5) is 26.1. The van der Waals surface area contributed by atoms with Gasteiger partial charge in [0.15, 0.2) is 6.29 Å². The molecule has 100 valence electrons. The summed E-state index contributed by atoms with van der Waals surface area (Å²) in [5.74, 6) is -0.463. The van der Waals surface area contributed by atoms with Crippen LogP contribution < -0.4 is 0 Å². The van der Waals surface area contributed by atoms with Gasteiger partial charge in [0.25, 0.3) is 0 Å². The summed E-state index contributed by atoms with van der Waals surface area (Å²) in [5, 5.41) is 8.67.